The molecule has 1 saturated carbocycles. The molecule has 1 fully saturated rings. The van der Waals surface area contributed by atoms with Crippen molar-refractivity contribution in [3.63, 3.8) is 0 Å². The Bertz CT molecular complexity index is 510. The van der Waals surface area contributed by atoms with Crippen molar-refractivity contribution in [1.29, 1.82) is 0 Å². The van der Waals surface area contributed by atoms with Crippen molar-refractivity contribution in [2.24, 2.45) is 0 Å². The molecule has 0 saturated heterocycles. The number of aryl methyl sites for hydroxylation is 1. The molecule has 0 bridgehead atoms. The smallest absolute Gasteiger partial charge is 0.234 e. The van der Waals surface area contributed by atoms with E-state index in [0.29, 0.717) is 25.7 Å². The minimum Gasteiger partial charge on any atom is -0.492 e. The summed E-state index contributed by atoms with van der Waals surface area (Å²) in [6.45, 7) is 8.07. The van der Waals surface area contributed by atoms with Gasteiger partial charge in [0.2, 0.25) is 5.91 Å². The minimum absolute atomic E-state index is 0.0617. The summed E-state index contributed by atoms with van der Waals surface area (Å²) in [5.74, 6) is 0.907. The molecule has 0 aliphatic heterocycles. The van der Waals surface area contributed by atoms with Gasteiger partial charge in [-0.05, 0) is 37.5 Å². The topological polar surface area (TPSA) is 41.6 Å². The first kappa shape index (κ1) is 17.5. The van der Waals surface area contributed by atoms with E-state index in [4.69, 9.17) is 4.74 Å². The third-order valence-corrected chi connectivity index (χ3v) is 4.23. The quantitative estimate of drug-likeness (QED) is 0.562. The van der Waals surface area contributed by atoms with Crippen LogP contribution in [0.4, 0.5) is 0 Å². The highest BCUT2D eigenvalue weighted by atomic mass is 16.5. The lowest BCUT2D eigenvalue weighted by Gasteiger charge is -2.26. The first-order valence-corrected chi connectivity index (χ1v) is 8.50. The fourth-order valence-electron chi connectivity index (χ4n) is 3.08. The number of hydrogen-bond donors (Lipinski definition) is 1. The summed E-state index contributed by atoms with van der Waals surface area (Å²) in [5.41, 5.74) is 1.17. The Morgan fingerprint density at radius 1 is 1.43 bits per heavy atom. The van der Waals surface area contributed by atoms with E-state index in [1.54, 1.807) is 0 Å². The van der Waals surface area contributed by atoms with E-state index in [9.17, 15) is 4.79 Å². The molecular weight excluding hydrogens is 288 g/mol. The summed E-state index contributed by atoms with van der Waals surface area (Å²) in [6.07, 6.45) is 6.80. The van der Waals surface area contributed by atoms with E-state index in [-0.39, 0.29) is 5.91 Å². The highest BCUT2D eigenvalue weighted by molar-refractivity contribution is 5.78. The van der Waals surface area contributed by atoms with Gasteiger partial charge in [0.1, 0.15) is 12.4 Å². The number of nitrogens with one attached hydrogen (secondary N) is 1. The van der Waals surface area contributed by atoms with Crippen LogP contribution in [0.15, 0.2) is 36.9 Å². The van der Waals surface area contributed by atoms with Gasteiger partial charge in [0.05, 0.1) is 13.1 Å². The van der Waals surface area contributed by atoms with Gasteiger partial charge in [0, 0.05) is 12.6 Å². The second kappa shape index (κ2) is 9.36. The molecule has 0 unspecified atom stereocenters. The van der Waals surface area contributed by atoms with Crippen molar-refractivity contribution >= 4 is 5.91 Å². The maximum atomic E-state index is 12.1. The van der Waals surface area contributed by atoms with E-state index in [1.165, 1.54) is 31.2 Å². The molecule has 1 aromatic rings. The Kier molecular flexibility index (Phi) is 7.14. The van der Waals surface area contributed by atoms with Crippen LogP contribution >= 0.6 is 0 Å². The molecule has 23 heavy (non-hydrogen) atoms. The molecule has 4 nitrogen and oxygen atoms in total. The molecule has 0 atom stereocenters. The molecule has 1 aromatic carbocycles. The maximum Gasteiger partial charge on any atom is 0.234 e. The largest absolute Gasteiger partial charge is 0.492 e. The molecule has 126 valence electrons. The average molecular weight is 316 g/mol. The lowest BCUT2D eigenvalue weighted by Crippen LogP contribution is -2.43. The number of amides is 1. The first-order chi connectivity index (χ1) is 11.2. The fourth-order valence-corrected chi connectivity index (χ4v) is 3.08. The van der Waals surface area contributed by atoms with Gasteiger partial charge < -0.3 is 10.1 Å². The molecule has 0 spiro atoms. The molecule has 1 aliphatic rings. The van der Waals surface area contributed by atoms with E-state index < -0.39 is 0 Å². The van der Waals surface area contributed by atoms with E-state index in [1.807, 2.05) is 37.3 Å². The first-order valence-electron chi connectivity index (χ1n) is 8.50. The van der Waals surface area contributed by atoms with Crippen LogP contribution in [0.25, 0.3) is 0 Å². The highest BCUT2D eigenvalue weighted by Gasteiger charge is 2.23. The predicted octanol–water partition coefficient (Wildman–Crippen LogP) is 2.92. The van der Waals surface area contributed by atoms with Crippen molar-refractivity contribution in [2.45, 2.75) is 38.6 Å². The fraction of sp³-hybridized carbons (Fsp3) is 0.526. The Labute approximate surface area is 139 Å². The van der Waals surface area contributed by atoms with Crippen molar-refractivity contribution in [2.75, 3.05) is 26.2 Å². The third-order valence-electron chi connectivity index (χ3n) is 4.23. The number of benzene rings is 1. The number of hydrogen-bond acceptors (Lipinski definition) is 3. The van der Waals surface area contributed by atoms with Crippen LogP contribution < -0.4 is 10.1 Å². The van der Waals surface area contributed by atoms with Crippen LogP contribution in [0.1, 0.15) is 31.2 Å². The van der Waals surface area contributed by atoms with Gasteiger partial charge >= 0.3 is 0 Å². The van der Waals surface area contributed by atoms with Crippen LogP contribution in [-0.2, 0) is 4.79 Å². The van der Waals surface area contributed by atoms with Crippen LogP contribution in [0, 0.1) is 6.92 Å². The highest BCUT2D eigenvalue weighted by Crippen LogP contribution is 2.23. The maximum absolute atomic E-state index is 12.1. The third kappa shape index (κ3) is 6.06. The van der Waals surface area contributed by atoms with Crippen molar-refractivity contribution in [1.82, 2.24) is 10.2 Å². The minimum atomic E-state index is 0.0617. The predicted molar refractivity (Wildman–Crippen MR) is 93.7 cm³/mol. The second-order valence-electron chi connectivity index (χ2n) is 6.17. The van der Waals surface area contributed by atoms with Crippen molar-refractivity contribution < 1.29 is 9.53 Å². The molecule has 0 radical (unpaired) electrons. The molecule has 1 N–H and O–H groups in total. The Hall–Kier alpha value is -1.81. The average Bonchev–Trinajstić information content (AvgIpc) is 3.06. The second-order valence-corrected chi connectivity index (χ2v) is 6.17. The summed E-state index contributed by atoms with van der Waals surface area (Å²) in [4.78, 5) is 14.3. The number of ether oxygens (including phenoxy) is 1. The van der Waals surface area contributed by atoms with Gasteiger partial charge in [-0.15, -0.1) is 6.58 Å². The van der Waals surface area contributed by atoms with Crippen LogP contribution in [0.3, 0.4) is 0 Å². The molecule has 1 amide bonds. The molecule has 0 aromatic heterocycles. The standard InChI is InChI=1S/C19H28N2O2/c1-3-12-21(17-8-4-5-9-17)15-19(22)20-11-13-23-18-10-6-7-16(2)14-18/h3,6-7,10,14,17H,1,4-5,8-9,11-13,15H2,2H3,(H,20,22). The monoisotopic (exact) mass is 316 g/mol. The number of rotatable bonds is 9. The summed E-state index contributed by atoms with van der Waals surface area (Å²) >= 11 is 0. The summed E-state index contributed by atoms with van der Waals surface area (Å²) in [6, 6.07) is 8.46. The van der Waals surface area contributed by atoms with Gasteiger partial charge in [-0.1, -0.05) is 31.1 Å². The summed E-state index contributed by atoms with van der Waals surface area (Å²) in [7, 11) is 0. The van der Waals surface area contributed by atoms with Crippen LogP contribution in [0.5, 0.6) is 5.75 Å². The van der Waals surface area contributed by atoms with Crippen molar-refractivity contribution in [3.8, 4) is 5.75 Å². The molecule has 1 aliphatic carbocycles. The molecule has 4 heteroatoms. The van der Waals surface area contributed by atoms with E-state index in [0.717, 1.165) is 12.3 Å². The lowest BCUT2D eigenvalue weighted by atomic mass is 10.2. The van der Waals surface area contributed by atoms with Gasteiger partial charge in [-0.2, -0.15) is 0 Å². The lowest BCUT2D eigenvalue weighted by molar-refractivity contribution is -0.122. The molecule has 2 rings (SSSR count). The normalized spacial score (nSPS) is 14.9. The molecular formula is C19H28N2O2. The van der Waals surface area contributed by atoms with E-state index in [2.05, 4.69) is 16.8 Å². The molecule has 0 heterocycles. The van der Waals surface area contributed by atoms with Gasteiger partial charge in [0.25, 0.3) is 0 Å². The zero-order valence-electron chi connectivity index (χ0n) is 14.1. The van der Waals surface area contributed by atoms with Gasteiger partial charge in [-0.3, -0.25) is 9.69 Å². The summed E-state index contributed by atoms with van der Waals surface area (Å²) in [5, 5.41) is 2.94. The number of carbonyl (C=O) groups excluding carboxylic acids is 1. The Morgan fingerprint density at radius 2 is 2.22 bits per heavy atom. The van der Waals surface area contributed by atoms with Crippen molar-refractivity contribution in [3.05, 3.63) is 42.5 Å². The van der Waals surface area contributed by atoms with Gasteiger partial charge in [-0.25, -0.2) is 0 Å². The SMILES string of the molecule is C=CCN(CC(=O)NCCOc1cccc(C)c1)C1CCCC1. The number of carbonyl (C=O) groups is 1. The van der Waals surface area contributed by atoms with Crippen LogP contribution in [0.2, 0.25) is 0 Å². The van der Waals surface area contributed by atoms with E-state index >= 15 is 0 Å². The zero-order chi connectivity index (χ0) is 16.5. The zero-order valence-corrected chi connectivity index (χ0v) is 14.1. The Balaban J connectivity index is 1.68. The van der Waals surface area contributed by atoms with Gasteiger partial charge in [0.15, 0.2) is 0 Å². The summed E-state index contributed by atoms with van der Waals surface area (Å²) < 4.78 is 5.65. The number of nitrogens with zero attached hydrogens (tertiary/aromatic N) is 1. The van der Waals surface area contributed by atoms with Crippen LogP contribution in [-0.4, -0.2) is 43.1 Å². The Morgan fingerprint density at radius 3 is 2.91 bits per heavy atom.